The topological polar surface area (TPSA) is 69.7 Å². The van der Waals surface area contributed by atoms with Crippen LogP contribution in [0, 0.1) is 6.92 Å². The number of aryl methyl sites for hydroxylation is 1. The molecule has 0 radical (unpaired) electrons. The van der Waals surface area contributed by atoms with Crippen LogP contribution < -0.4 is 10.2 Å². The quantitative estimate of drug-likeness (QED) is 0.537. The highest BCUT2D eigenvalue weighted by Crippen LogP contribution is 2.37. The van der Waals surface area contributed by atoms with Gasteiger partial charge >= 0.3 is 0 Å². The predicted molar refractivity (Wildman–Crippen MR) is 139 cm³/mol. The second-order valence-corrected chi connectivity index (χ2v) is 10.2. The van der Waals surface area contributed by atoms with Gasteiger partial charge in [-0.1, -0.05) is 55.5 Å². The van der Waals surface area contributed by atoms with Gasteiger partial charge in [0, 0.05) is 23.0 Å². The number of amides is 3. The molecule has 1 aliphatic rings. The van der Waals surface area contributed by atoms with E-state index in [9.17, 15) is 14.4 Å². The van der Waals surface area contributed by atoms with Crippen molar-refractivity contribution in [2.75, 3.05) is 11.4 Å². The number of nitrogens with one attached hydrogen (secondary N) is 1. The van der Waals surface area contributed by atoms with E-state index in [2.05, 4.69) is 5.32 Å². The van der Waals surface area contributed by atoms with Gasteiger partial charge < -0.3 is 10.2 Å². The van der Waals surface area contributed by atoms with Crippen LogP contribution in [0.15, 0.2) is 60.7 Å². The Balaban J connectivity index is 1.67. The van der Waals surface area contributed by atoms with Crippen LogP contribution in [0.2, 0.25) is 0 Å². The van der Waals surface area contributed by atoms with Crippen LogP contribution in [0.1, 0.15) is 55.6 Å². The highest BCUT2D eigenvalue weighted by Gasteiger charge is 2.35. The zero-order valence-corrected chi connectivity index (χ0v) is 21.1. The molecular formula is C29H33N3O3. The van der Waals surface area contributed by atoms with Crippen LogP contribution in [0.3, 0.4) is 0 Å². The smallest absolute Gasteiger partial charge is 0.259 e. The third-order valence-corrected chi connectivity index (χ3v) is 6.43. The fraction of sp³-hybridized carbons (Fsp3) is 0.345. The molecular weight excluding hydrogens is 438 g/mol. The van der Waals surface area contributed by atoms with Gasteiger partial charge in [0.2, 0.25) is 11.8 Å². The molecule has 3 amide bonds. The fourth-order valence-corrected chi connectivity index (χ4v) is 4.71. The molecule has 0 unspecified atom stereocenters. The van der Waals surface area contributed by atoms with Gasteiger partial charge in [0.25, 0.3) is 5.91 Å². The highest BCUT2D eigenvalue weighted by atomic mass is 16.2. The molecule has 0 aromatic heterocycles. The lowest BCUT2D eigenvalue weighted by atomic mass is 10.0. The first-order chi connectivity index (χ1) is 16.6. The molecule has 1 N–H and O–H groups in total. The molecule has 0 aliphatic carbocycles. The number of nitrogens with zero attached hydrogens (tertiary/aromatic N) is 2. The molecule has 1 heterocycles. The summed E-state index contributed by atoms with van der Waals surface area (Å²) in [6, 6.07) is 18.6. The van der Waals surface area contributed by atoms with E-state index >= 15 is 0 Å². The Hall–Kier alpha value is -3.67. The molecule has 0 spiro atoms. The minimum atomic E-state index is -0.655. The maximum atomic E-state index is 13.9. The van der Waals surface area contributed by atoms with E-state index < -0.39 is 11.6 Å². The third kappa shape index (κ3) is 4.92. The number of carbonyl (C=O) groups excluding carboxylic acids is 3. The zero-order valence-electron chi connectivity index (χ0n) is 21.1. The van der Waals surface area contributed by atoms with Crippen LogP contribution >= 0.6 is 0 Å². The summed E-state index contributed by atoms with van der Waals surface area (Å²) in [5, 5.41) is 4.86. The van der Waals surface area contributed by atoms with E-state index in [1.54, 1.807) is 15.9 Å². The first-order valence-electron chi connectivity index (χ1n) is 12.1. The summed E-state index contributed by atoms with van der Waals surface area (Å²) in [6.45, 7) is 9.83. The number of benzene rings is 3. The van der Waals surface area contributed by atoms with E-state index in [4.69, 9.17) is 0 Å². The average Bonchev–Trinajstić information content (AvgIpc) is 3.07. The Labute approximate surface area is 206 Å². The summed E-state index contributed by atoms with van der Waals surface area (Å²) in [7, 11) is 0. The molecule has 1 atom stereocenters. The number of rotatable bonds is 7. The second-order valence-electron chi connectivity index (χ2n) is 10.2. The van der Waals surface area contributed by atoms with Gasteiger partial charge in [-0.2, -0.15) is 0 Å². The zero-order chi connectivity index (χ0) is 25.3. The third-order valence-electron chi connectivity index (χ3n) is 6.43. The minimum Gasteiger partial charge on any atom is -0.350 e. The van der Waals surface area contributed by atoms with Gasteiger partial charge in [0.1, 0.15) is 12.6 Å². The normalized spacial score (nSPS) is 13.7. The predicted octanol–water partition coefficient (Wildman–Crippen LogP) is 4.83. The summed E-state index contributed by atoms with van der Waals surface area (Å²) in [6.07, 6.45) is 0.462. The lowest BCUT2D eigenvalue weighted by molar-refractivity contribution is -0.141. The van der Waals surface area contributed by atoms with E-state index in [0.717, 1.165) is 27.6 Å². The Morgan fingerprint density at radius 1 is 1.00 bits per heavy atom. The van der Waals surface area contributed by atoms with E-state index in [-0.39, 0.29) is 24.3 Å². The van der Waals surface area contributed by atoms with Crippen molar-refractivity contribution < 1.29 is 14.4 Å². The maximum absolute atomic E-state index is 13.9. The molecule has 6 nitrogen and oxygen atoms in total. The highest BCUT2D eigenvalue weighted by molar-refractivity contribution is 6.26. The summed E-state index contributed by atoms with van der Waals surface area (Å²) < 4.78 is 0. The van der Waals surface area contributed by atoms with Gasteiger partial charge in [-0.15, -0.1) is 0 Å². The lowest BCUT2D eigenvalue weighted by Gasteiger charge is -2.34. The van der Waals surface area contributed by atoms with Crippen molar-refractivity contribution in [3.8, 4) is 0 Å². The Kier molecular flexibility index (Phi) is 6.66. The van der Waals surface area contributed by atoms with Crippen LogP contribution in [0.25, 0.3) is 10.8 Å². The standard InChI is InChI=1S/C29H33N3O3/c1-6-23(27(34)30-29(3,4)5)31(17-21-12-8-7-11-19(21)2)25(33)18-32-24-16-10-14-20-13-9-15-22(26(20)24)28(32)35/h7-16,23H,6,17-18H2,1-5H3,(H,30,34)/t23-/m1/s1. The van der Waals surface area contributed by atoms with Crippen LogP contribution in [0.5, 0.6) is 0 Å². The maximum Gasteiger partial charge on any atom is 0.259 e. The molecule has 0 saturated carbocycles. The number of hydrogen-bond acceptors (Lipinski definition) is 3. The molecule has 4 rings (SSSR count). The Bertz CT molecular complexity index is 1290. The van der Waals surface area contributed by atoms with E-state index in [1.807, 2.05) is 89.2 Å². The number of anilines is 1. The molecule has 3 aromatic carbocycles. The largest absolute Gasteiger partial charge is 0.350 e. The molecule has 0 bridgehead atoms. The van der Waals surface area contributed by atoms with Crippen LogP contribution in [-0.2, 0) is 16.1 Å². The SMILES string of the molecule is CC[C@H](C(=O)NC(C)(C)C)N(Cc1ccccc1C)C(=O)CN1C(=O)c2cccc3cccc1c23. The number of hydrogen-bond donors (Lipinski definition) is 1. The molecule has 0 fully saturated rings. The molecule has 35 heavy (non-hydrogen) atoms. The summed E-state index contributed by atoms with van der Waals surface area (Å²) in [4.78, 5) is 43.6. The first-order valence-corrected chi connectivity index (χ1v) is 12.1. The average molecular weight is 472 g/mol. The molecule has 182 valence electrons. The van der Waals surface area contributed by atoms with Gasteiger partial charge in [0.15, 0.2) is 0 Å². The molecule has 3 aromatic rings. The van der Waals surface area contributed by atoms with E-state index in [0.29, 0.717) is 18.5 Å². The van der Waals surface area contributed by atoms with Crippen molar-refractivity contribution in [2.45, 2.75) is 59.2 Å². The van der Waals surface area contributed by atoms with Gasteiger partial charge in [-0.05, 0) is 62.8 Å². The van der Waals surface area contributed by atoms with E-state index in [1.165, 1.54) is 0 Å². The van der Waals surface area contributed by atoms with Crippen LogP contribution in [-0.4, -0.2) is 40.7 Å². The van der Waals surface area contributed by atoms with Gasteiger partial charge in [0.05, 0.1) is 5.69 Å². The summed E-state index contributed by atoms with van der Waals surface area (Å²) in [5.41, 5.74) is 2.93. The van der Waals surface area contributed by atoms with Crippen molar-refractivity contribution in [2.24, 2.45) is 0 Å². The van der Waals surface area contributed by atoms with Crippen LogP contribution in [0.4, 0.5) is 5.69 Å². The van der Waals surface area contributed by atoms with Gasteiger partial charge in [-0.3, -0.25) is 19.3 Å². The lowest BCUT2D eigenvalue weighted by Crippen LogP contribution is -2.55. The van der Waals surface area contributed by atoms with Crippen molar-refractivity contribution in [3.05, 3.63) is 77.4 Å². The summed E-state index contributed by atoms with van der Waals surface area (Å²) >= 11 is 0. The number of carbonyl (C=O) groups is 3. The van der Waals surface area contributed by atoms with Gasteiger partial charge in [-0.25, -0.2) is 0 Å². The van der Waals surface area contributed by atoms with Crippen molar-refractivity contribution >= 4 is 34.2 Å². The Morgan fingerprint density at radius 3 is 2.34 bits per heavy atom. The molecule has 0 saturated heterocycles. The van der Waals surface area contributed by atoms with Crippen molar-refractivity contribution in [3.63, 3.8) is 0 Å². The van der Waals surface area contributed by atoms with Crippen molar-refractivity contribution in [1.29, 1.82) is 0 Å². The fourth-order valence-electron chi connectivity index (χ4n) is 4.71. The van der Waals surface area contributed by atoms with Crippen molar-refractivity contribution in [1.82, 2.24) is 10.2 Å². The Morgan fingerprint density at radius 2 is 1.69 bits per heavy atom. The second kappa shape index (κ2) is 9.53. The first kappa shape index (κ1) is 24.5. The monoisotopic (exact) mass is 471 g/mol. The molecule has 1 aliphatic heterocycles. The summed E-state index contributed by atoms with van der Waals surface area (Å²) in [5.74, 6) is -0.643. The minimum absolute atomic E-state index is 0.127. The molecule has 6 heteroatoms.